The molecule has 0 radical (unpaired) electrons. The number of likely N-dealkylation sites (N-methyl/N-ethyl adjacent to an activating group) is 1. The molecule has 2 rings (SSSR count). The first-order valence-corrected chi connectivity index (χ1v) is 8.02. The summed E-state index contributed by atoms with van der Waals surface area (Å²) in [7, 11) is 2.38. The summed E-state index contributed by atoms with van der Waals surface area (Å²) in [6, 6.07) is 5.59. The van der Waals surface area contributed by atoms with E-state index in [1.807, 2.05) is 12.1 Å². The van der Waals surface area contributed by atoms with Crippen LogP contribution in [0.15, 0.2) is 18.2 Å². The van der Waals surface area contributed by atoms with Gasteiger partial charge in [-0.15, -0.1) is 0 Å². The van der Waals surface area contributed by atoms with Crippen molar-refractivity contribution in [1.82, 2.24) is 5.32 Å². The Balaban J connectivity index is 1.59. The highest BCUT2D eigenvalue weighted by molar-refractivity contribution is 5.70. The van der Waals surface area contributed by atoms with Crippen molar-refractivity contribution in [3.05, 3.63) is 18.2 Å². The third-order valence-electron chi connectivity index (χ3n) is 4.42. The quantitative estimate of drug-likeness (QED) is 0.349. The fraction of sp³-hybridized carbons (Fsp3) is 0.625. The maximum Gasteiger partial charge on any atom is 0.0911 e. The molecule has 0 unspecified atom stereocenters. The highest BCUT2D eigenvalue weighted by Crippen LogP contribution is 2.20. The summed E-state index contributed by atoms with van der Waals surface area (Å²) in [6.45, 7) is 6.80. The molecule has 0 spiro atoms. The molecule has 0 aromatic heterocycles. The molecule has 21 heavy (non-hydrogen) atoms. The third-order valence-corrected chi connectivity index (χ3v) is 4.42. The largest absolute Gasteiger partial charge is 0.399 e. The van der Waals surface area contributed by atoms with E-state index < -0.39 is 0 Å². The summed E-state index contributed by atoms with van der Waals surface area (Å²) in [6.07, 6.45) is 4.18. The van der Waals surface area contributed by atoms with Crippen molar-refractivity contribution >= 4 is 17.1 Å². The van der Waals surface area contributed by atoms with Crippen LogP contribution >= 0.6 is 0 Å². The van der Waals surface area contributed by atoms with E-state index >= 15 is 0 Å². The van der Waals surface area contributed by atoms with Crippen LogP contribution in [-0.2, 0) is 0 Å². The van der Waals surface area contributed by atoms with E-state index in [1.54, 1.807) is 6.07 Å². The molecule has 1 aromatic carbocycles. The molecule has 1 aliphatic heterocycles. The van der Waals surface area contributed by atoms with Gasteiger partial charge in [-0.25, -0.2) is 0 Å². The van der Waals surface area contributed by atoms with E-state index in [-0.39, 0.29) is 0 Å². The summed E-state index contributed by atoms with van der Waals surface area (Å²) in [5.74, 6) is 0. The second-order valence-corrected chi connectivity index (χ2v) is 6.37. The Morgan fingerprint density at radius 1 is 1.05 bits per heavy atom. The third kappa shape index (κ3) is 5.10. The van der Waals surface area contributed by atoms with Crippen molar-refractivity contribution in [1.29, 1.82) is 0 Å². The minimum Gasteiger partial charge on any atom is -0.399 e. The van der Waals surface area contributed by atoms with Crippen LogP contribution in [0.5, 0.6) is 0 Å². The molecule has 1 aromatic rings. The highest BCUT2D eigenvalue weighted by Gasteiger charge is 2.23. The summed E-state index contributed by atoms with van der Waals surface area (Å²) >= 11 is 0. The van der Waals surface area contributed by atoms with Gasteiger partial charge in [0, 0.05) is 25.3 Å². The zero-order chi connectivity index (χ0) is 15.1. The Bertz CT molecular complexity index is 440. The predicted octanol–water partition coefficient (Wildman–Crippen LogP) is 1.48. The van der Waals surface area contributed by atoms with Crippen molar-refractivity contribution in [2.45, 2.75) is 19.3 Å². The van der Waals surface area contributed by atoms with Crippen LogP contribution in [0.2, 0.25) is 0 Å². The zero-order valence-corrected chi connectivity index (χ0v) is 13.2. The number of anilines is 3. The molecule has 118 valence electrons. The number of rotatable bonds is 7. The summed E-state index contributed by atoms with van der Waals surface area (Å²) in [5.41, 5.74) is 14.0. The molecule has 5 nitrogen and oxygen atoms in total. The summed E-state index contributed by atoms with van der Waals surface area (Å²) in [4.78, 5) is 0. The predicted molar refractivity (Wildman–Crippen MR) is 91.3 cm³/mol. The van der Waals surface area contributed by atoms with Crippen LogP contribution in [0, 0.1) is 0 Å². The minimum atomic E-state index is 0.703. The molecule has 1 saturated heterocycles. The fourth-order valence-corrected chi connectivity index (χ4v) is 3.00. The Morgan fingerprint density at radius 2 is 1.81 bits per heavy atom. The van der Waals surface area contributed by atoms with Gasteiger partial charge in [0.15, 0.2) is 0 Å². The first-order valence-electron chi connectivity index (χ1n) is 8.02. The molecule has 1 aliphatic rings. The van der Waals surface area contributed by atoms with E-state index in [9.17, 15) is 0 Å². The van der Waals surface area contributed by atoms with Crippen molar-refractivity contribution in [2.24, 2.45) is 0 Å². The van der Waals surface area contributed by atoms with Crippen molar-refractivity contribution < 1.29 is 4.48 Å². The fourth-order valence-electron chi connectivity index (χ4n) is 3.00. The summed E-state index contributed by atoms with van der Waals surface area (Å²) in [5, 5.41) is 6.86. The van der Waals surface area contributed by atoms with Gasteiger partial charge in [-0.3, -0.25) is 0 Å². The van der Waals surface area contributed by atoms with E-state index in [4.69, 9.17) is 11.5 Å². The molecule has 1 fully saturated rings. The number of hydrogen-bond donors (Lipinski definition) is 4. The van der Waals surface area contributed by atoms with E-state index in [0.29, 0.717) is 11.4 Å². The van der Waals surface area contributed by atoms with Gasteiger partial charge >= 0.3 is 0 Å². The van der Waals surface area contributed by atoms with E-state index in [0.717, 1.165) is 25.3 Å². The Morgan fingerprint density at radius 3 is 2.52 bits per heavy atom. The molecule has 1 heterocycles. The average molecular weight is 292 g/mol. The molecule has 6 N–H and O–H groups in total. The van der Waals surface area contributed by atoms with Crippen LogP contribution < -0.4 is 22.1 Å². The Kier molecular flexibility index (Phi) is 5.70. The monoisotopic (exact) mass is 292 g/mol. The Labute approximate surface area is 128 Å². The van der Waals surface area contributed by atoms with Crippen LogP contribution in [0.4, 0.5) is 17.1 Å². The minimum absolute atomic E-state index is 0.703. The van der Waals surface area contributed by atoms with Crippen LogP contribution in [0.1, 0.15) is 19.3 Å². The van der Waals surface area contributed by atoms with E-state index in [2.05, 4.69) is 17.7 Å². The van der Waals surface area contributed by atoms with Gasteiger partial charge in [0.1, 0.15) is 0 Å². The number of nitrogens with zero attached hydrogens (tertiary/aromatic N) is 1. The number of nitrogens with one attached hydrogen (secondary N) is 2. The second-order valence-electron chi connectivity index (χ2n) is 6.37. The zero-order valence-electron chi connectivity index (χ0n) is 13.2. The molecule has 5 heteroatoms. The van der Waals surface area contributed by atoms with Gasteiger partial charge in [0.05, 0.1) is 38.1 Å². The van der Waals surface area contributed by atoms with Crippen LogP contribution in [-0.4, -0.2) is 50.8 Å². The topological polar surface area (TPSA) is 76.1 Å². The van der Waals surface area contributed by atoms with Gasteiger partial charge in [-0.1, -0.05) is 0 Å². The maximum atomic E-state index is 5.91. The van der Waals surface area contributed by atoms with Crippen molar-refractivity contribution in [2.75, 3.05) is 63.1 Å². The average Bonchev–Trinajstić information content (AvgIpc) is 2.45. The molecular weight excluding hydrogens is 262 g/mol. The lowest BCUT2D eigenvalue weighted by Gasteiger charge is -2.37. The van der Waals surface area contributed by atoms with Gasteiger partial charge in [-0.2, -0.15) is 0 Å². The lowest BCUT2D eigenvalue weighted by molar-refractivity contribution is -0.912. The first kappa shape index (κ1) is 15.9. The second kappa shape index (κ2) is 7.52. The summed E-state index contributed by atoms with van der Waals surface area (Å²) < 4.78 is 1.23. The molecule has 0 atom stereocenters. The number of piperidine rings is 1. The Hall–Kier alpha value is -1.46. The standard InChI is InChI=1S/C16H30N5/c1-21(10-3-2-4-11-21)12-9-19-7-8-20-16-6-5-14(17)13-15(16)18/h5-6,13,19-20H,2-4,7-12,17-18H2,1H3/q+1. The normalized spacial score (nSPS) is 17.6. The smallest absolute Gasteiger partial charge is 0.0911 e. The van der Waals surface area contributed by atoms with Gasteiger partial charge < -0.3 is 26.6 Å². The number of likely N-dealkylation sites (tertiary alicyclic amines) is 1. The molecule has 0 bridgehead atoms. The maximum absolute atomic E-state index is 5.91. The first-order chi connectivity index (χ1) is 10.1. The van der Waals surface area contributed by atoms with Gasteiger partial charge in [-0.05, 0) is 37.5 Å². The lowest BCUT2D eigenvalue weighted by atomic mass is 10.1. The van der Waals surface area contributed by atoms with Gasteiger partial charge in [0.25, 0.3) is 0 Å². The van der Waals surface area contributed by atoms with Crippen molar-refractivity contribution in [3.8, 4) is 0 Å². The molecule has 0 saturated carbocycles. The SMILES string of the molecule is C[N+]1(CCNCCNc2ccc(N)cc2N)CCCCC1. The van der Waals surface area contributed by atoms with E-state index in [1.165, 1.54) is 43.4 Å². The molecule has 0 amide bonds. The van der Waals surface area contributed by atoms with Crippen LogP contribution in [0.3, 0.4) is 0 Å². The lowest BCUT2D eigenvalue weighted by Crippen LogP contribution is -2.51. The van der Waals surface area contributed by atoms with Crippen LogP contribution in [0.25, 0.3) is 0 Å². The molecule has 0 aliphatic carbocycles. The highest BCUT2D eigenvalue weighted by atomic mass is 15.3. The number of benzene rings is 1. The number of hydrogen-bond acceptors (Lipinski definition) is 4. The van der Waals surface area contributed by atoms with Gasteiger partial charge in [0.2, 0.25) is 0 Å². The number of nitrogen functional groups attached to an aromatic ring is 2. The molecular formula is C16H30N5+. The number of nitrogens with two attached hydrogens (primary N) is 2. The van der Waals surface area contributed by atoms with Crippen molar-refractivity contribution in [3.63, 3.8) is 0 Å². The number of quaternary nitrogens is 1.